The topological polar surface area (TPSA) is 38.1 Å². The normalized spacial score (nSPS) is 18.2. The van der Waals surface area contributed by atoms with Crippen molar-refractivity contribution < 1.29 is 18.0 Å². The first-order valence-corrected chi connectivity index (χ1v) is 7.79. The maximum Gasteiger partial charge on any atom is 0.408 e. The van der Waals surface area contributed by atoms with Gasteiger partial charge < -0.3 is 4.90 Å². The molecule has 1 amide bonds. The molecule has 0 N–H and O–H groups in total. The zero-order chi connectivity index (χ0) is 17.5. The summed E-state index contributed by atoms with van der Waals surface area (Å²) < 4.78 is 40.8. The van der Waals surface area contributed by atoms with Crippen molar-refractivity contribution in [3.8, 4) is 5.69 Å². The molecule has 1 fully saturated rings. The molecule has 0 radical (unpaired) electrons. The summed E-state index contributed by atoms with van der Waals surface area (Å²) in [6.07, 6.45) is -4.03. The van der Waals surface area contributed by atoms with Crippen LogP contribution in [0.2, 0.25) is 0 Å². The van der Waals surface area contributed by atoms with Crippen LogP contribution in [-0.4, -0.2) is 39.4 Å². The van der Waals surface area contributed by atoms with Gasteiger partial charge in [0.05, 0.1) is 11.4 Å². The van der Waals surface area contributed by atoms with Gasteiger partial charge in [0.15, 0.2) is 0 Å². The van der Waals surface area contributed by atoms with Crippen molar-refractivity contribution in [2.75, 3.05) is 6.54 Å². The molecule has 0 aliphatic carbocycles. The van der Waals surface area contributed by atoms with E-state index in [-0.39, 0.29) is 18.5 Å². The monoisotopic (exact) mass is 337 g/mol. The number of hydrogen-bond acceptors (Lipinski definition) is 2. The Morgan fingerprint density at radius 1 is 1.21 bits per heavy atom. The zero-order valence-corrected chi connectivity index (χ0v) is 13.5. The fourth-order valence-electron chi connectivity index (χ4n) is 3.15. The highest BCUT2D eigenvalue weighted by atomic mass is 19.4. The standard InChI is InChI=1S/C17H18F3N3O/c1-11-10-12(2)23(21-11)14-7-5-13(6-8-14)16(24)22-9-3-4-15(22)17(18,19)20/h5-8,10,15H,3-4,9H2,1-2H3/t15-/m1/s1. The predicted octanol–water partition coefficient (Wildman–Crippen LogP) is 3.66. The van der Waals surface area contributed by atoms with Crippen LogP contribution in [0.1, 0.15) is 34.6 Å². The molecule has 1 aliphatic rings. The largest absolute Gasteiger partial charge is 0.408 e. The van der Waals surface area contributed by atoms with Gasteiger partial charge in [-0.25, -0.2) is 4.68 Å². The highest BCUT2D eigenvalue weighted by molar-refractivity contribution is 5.94. The Hall–Kier alpha value is -2.31. The van der Waals surface area contributed by atoms with Gasteiger partial charge in [0.25, 0.3) is 5.91 Å². The molecule has 1 atom stereocenters. The Balaban J connectivity index is 1.83. The maximum atomic E-state index is 13.0. The number of carbonyl (C=O) groups is 1. The average molecular weight is 337 g/mol. The van der Waals surface area contributed by atoms with Gasteiger partial charge >= 0.3 is 6.18 Å². The fourth-order valence-corrected chi connectivity index (χ4v) is 3.15. The number of aromatic nitrogens is 2. The Morgan fingerprint density at radius 3 is 2.42 bits per heavy atom. The van der Waals surface area contributed by atoms with Gasteiger partial charge in [0.2, 0.25) is 0 Å². The first-order valence-electron chi connectivity index (χ1n) is 7.79. The van der Waals surface area contributed by atoms with E-state index in [1.54, 1.807) is 28.9 Å². The van der Waals surface area contributed by atoms with Crippen LogP contribution in [-0.2, 0) is 0 Å². The minimum Gasteiger partial charge on any atom is -0.327 e. The van der Waals surface area contributed by atoms with Crippen LogP contribution in [0.15, 0.2) is 30.3 Å². The van der Waals surface area contributed by atoms with Crippen LogP contribution in [0.3, 0.4) is 0 Å². The Labute approximate surface area is 137 Å². The van der Waals surface area contributed by atoms with E-state index in [9.17, 15) is 18.0 Å². The van der Waals surface area contributed by atoms with E-state index in [1.165, 1.54) is 0 Å². The molecule has 0 bridgehead atoms. The number of rotatable bonds is 2. The molecular formula is C17H18F3N3O. The van der Waals surface area contributed by atoms with Crippen molar-refractivity contribution >= 4 is 5.91 Å². The number of aryl methyl sites for hydroxylation is 2. The maximum absolute atomic E-state index is 13.0. The van der Waals surface area contributed by atoms with Crippen LogP contribution in [0.4, 0.5) is 13.2 Å². The van der Waals surface area contributed by atoms with Crippen LogP contribution in [0, 0.1) is 13.8 Å². The lowest BCUT2D eigenvalue weighted by Crippen LogP contribution is -2.44. The minimum absolute atomic E-state index is 0.0287. The summed E-state index contributed by atoms with van der Waals surface area (Å²) in [6.45, 7) is 3.94. The molecule has 2 heterocycles. The van der Waals surface area contributed by atoms with Crippen LogP contribution in [0.5, 0.6) is 0 Å². The lowest BCUT2D eigenvalue weighted by atomic mass is 10.1. The van der Waals surface area contributed by atoms with E-state index < -0.39 is 18.1 Å². The van der Waals surface area contributed by atoms with E-state index in [0.717, 1.165) is 22.0 Å². The van der Waals surface area contributed by atoms with Crippen molar-refractivity contribution in [1.82, 2.24) is 14.7 Å². The van der Waals surface area contributed by atoms with E-state index in [1.807, 2.05) is 19.9 Å². The fraction of sp³-hybridized carbons (Fsp3) is 0.412. The number of likely N-dealkylation sites (tertiary alicyclic amines) is 1. The van der Waals surface area contributed by atoms with Gasteiger partial charge in [-0.15, -0.1) is 0 Å². The lowest BCUT2D eigenvalue weighted by molar-refractivity contribution is -0.169. The molecule has 128 valence electrons. The lowest BCUT2D eigenvalue weighted by Gasteiger charge is -2.26. The SMILES string of the molecule is Cc1cc(C)n(-c2ccc(C(=O)N3CCC[C@@H]3C(F)(F)F)cc2)n1. The molecule has 3 rings (SSSR count). The summed E-state index contributed by atoms with van der Waals surface area (Å²) in [6, 6.07) is 6.76. The molecule has 24 heavy (non-hydrogen) atoms. The third kappa shape index (κ3) is 3.02. The molecule has 0 saturated carbocycles. The average Bonchev–Trinajstić information content (AvgIpc) is 3.13. The quantitative estimate of drug-likeness (QED) is 0.839. The van der Waals surface area contributed by atoms with Crippen molar-refractivity contribution in [1.29, 1.82) is 0 Å². The second-order valence-electron chi connectivity index (χ2n) is 6.08. The predicted molar refractivity (Wildman–Crippen MR) is 83.2 cm³/mol. The summed E-state index contributed by atoms with van der Waals surface area (Å²) in [5.74, 6) is -0.574. The van der Waals surface area contributed by atoms with Gasteiger partial charge in [-0.3, -0.25) is 4.79 Å². The highest BCUT2D eigenvalue weighted by Crippen LogP contribution is 2.33. The van der Waals surface area contributed by atoms with Crippen molar-refractivity contribution in [2.45, 2.75) is 38.9 Å². The molecule has 1 saturated heterocycles. The van der Waals surface area contributed by atoms with E-state index in [0.29, 0.717) is 6.42 Å². The highest BCUT2D eigenvalue weighted by Gasteiger charge is 2.47. The van der Waals surface area contributed by atoms with Crippen molar-refractivity contribution in [3.05, 3.63) is 47.3 Å². The number of carbonyl (C=O) groups excluding carboxylic acids is 1. The Bertz CT molecular complexity index is 749. The van der Waals surface area contributed by atoms with Gasteiger partial charge in [-0.1, -0.05) is 0 Å². The molecular weight excluding hydrogens is 319 g/mol. The first-order chi connectivity index (χ1) is 11.3. The second kappa shape index (κ2) is 5.96. The van der Waals surface area contributed by atoms with Crippen LogP contribution >= 0.6 is 0 Å². The number of hydrogen-bond donors (Lipinski definition) is 0. The van der Waals surface area contributed by atoms with Gasteiger partial charge in [0.1, 0.15) is 6.04 Å². The zero-order valence-electron chi connectivity index (χ0n) is 13.5. The summed E-state index contributed by atoms with van der Waals surface area (Å²) in [7, 11) is 0. The summed E-state index contributed by atoms with van der Waals surface area (Å²) >= 11 is 0. The van der Waals surface area contributed by atoms with E-state index in [4.69, 9.17) is 0 Å². The summed E-state index contributed by atoms with van der Waals surface area (Å²) in [5.41, 5.74) is 2.85. The minimum atomic E-state index is -4.38. The summed E-state index contributed by atoms with van der Waals surface area (Å²) in [4.78, 5) is 13.4. The summed E-state index contributed by atoms with van der Waals surface area (Å²) in [5, 5.41) is 4.35. The van der Waals surface area contributed by atoms with Gasteiger partial charge in [0, 0.05) is 17.8 Å². The molecule has 1 aromatic carbocycles. The molecule has 0 unspecified atom stereocenters. The smallest absolute Gasteiger partial charge is 0.327 e. The third-order valence-corrected chi connectivity index (χ3v) is 4.26. The number of alkyl halides is 3. The molecule has 1 aliphatic heterocycles. The molecule has 4 nitrogen and oxygen atoms in total. The van der Waals surface area contributed by atoms with Crippen LogP contribution in [0.25, 0.3) is 5.69 Å². The second-order valence-corrected chi connectivity index (χ2v) is 6.08. The van der Waals surface area contributed by atoms with Crippen molar-refractivity contribution in [2.24, 2.45) is 0 Å². The number of benzene rings is 1. The molecule has 1 aromatic heterocycles. The third-order valence-electron chi connectivity index (χ3n) is 4.26. The van der Waals surface area contributed by atoms with Gasteiger partial charge in [-0.05, 0) is 57.0 Å². The molecule has 7 heteroatoms. The number of halogens is 3. The Morgan fingerprint density at radius 2 is 1.88 bits per heavy atom. The van der Waals surface area contributed by atoms with E-state index in [2.05, 4.69) is 5.10 Å². The Kier molecular flexibility index (Phi) is 4.11. The van der Waals surface area contributed by atoms with Gasteiger partial charge in [-0.2, -0.15) is 18.3 Å². The van der Waals surface area contributed by atoms with E-state index >= 15 is 0 Å². The number of nitrogens with zero attached hydrogens (tertiary/aromatic N) is 3. The number of amides is 1. The van der Waals surface area contributed by atoms with Crippen molar-refractivity contribution in [3.63, 3.8) is 0 Å². The molecule has 0 spiro atoms. The van der Waals surface area contributed by atoms with Crippen LogP contribution < -0.4 is 0 Å². The first kappa shape index (κ1) is 16.5. The molecule has 2 aromatic rings.